The van der Waals surface area contributed by atoms with Crippen LogP contribution in [0.2, 0.25) is 0 Å². The van der Waals surface area contributed by atoms with Gasteiger partial charge in [0.05, 0.1) is 12.6 Å². The molecule has 0 aromatic heterocycles. The summed E-state index contributed by atoms with van der Waals surface area (Å²) in [6, 6.07) is -0.569. The van der Waals surface area contributed by atoms with Crippen LogP contribution in [0.15, 0.2) is 5.16 Å². The first-order valence-electron chi connectivity index (χ1n) is 5.25. The summed E-state index contributed by atoms with van der Waals surface area (Å²) >= 11 is 0. The number of hydrogen-bond acceptors (Lipinski definition) is 5. The highest BCUT2D eigenvalue weighted by atomic mass is 32.2. The lowest BCUT2D eigenvalue weighted by Gasteiger charge is -2.22. The molecule has 0 aromatic carbocycles. The third-order valence-corrected chi connectivity index (χ3v) is 4.18. The quantitative estimate of drug-likeness (QED) is 0.181. The molecule has 1 saturated heterocycles. The van der Waals surface area contributed by atoms with Crippen LogP contribution in [-0.4, -0.2) is 56.6 Å². The van der Waals surface area contributed by atoms with Crippen LogP contribution in [0.3, 0.4) is 0 Å². The average molecular weight is 266 g/mol. The number of rotatable bonds is 6. The molecular weight excluding hydrogens is 248 g/mol. The molecule has 0 aromatic rings. The summed E-state index contributed by atoms with van der Waals surface area (Å²) in [4.78, 5) is 0. The summed E-state index contributed by atoms with van der Waals surface area (Å²) in [6.07, 6.45) is 1.24. The number of nitrogens with zero attached hydrogens (tertiary/aromatic N) is 2. The molecule has 100 valence electrons. The molecule has 9 heteroatoms. The van der Waals surface area contributed by atoms with Gasteiger partial charge in [-0.25, -0.2) is 0 Å². The Morgan fingerprint density at radius 1 is 1.71 bits per heavy atom. The topological polar surface area (TPSA) is 117 Å². The summed E-state index contributed by atoms with van der Waals surface area (Å²) in [6.45, 7) is 0.850. The fourth-order valence-corrected chi connectivity index (χ4v) is 3.17. The number of methoxy groups -OCH3 is 1. The number of hydrogen-bond donors (Lipinski definition) is 3. The Bertz CT molecular complexity index is 370. The highest BCUT2D eigenvalue weighted by molar-refractivity contribution is 7.87. The Labute approximate surface area is 101 Å². The molecule has 0 saturated carbocycles. The van der Waals surface area contributed by atoms with E-state index in [0.29, 0.717) is 26.0 Å². The van der Waals surface area contributed by atoms with Crippen molar-refractivity contribution in [3.8, 4) is 0 Å². The number of amidine groups is 1. The maximum atomic E-state index is 11.9. The molecule has 4 N–H and O–H groups in total. The van der Waals surface area contributed by atoms with Crippen molar-refractivity contribution in [3.63, 3.8) is 0 Å². The van der Waals surface area contributed by atoms with Crippen molar-refractivity contribution >= 4 is 16.0 Å². The zero-order valence-corrected chi connectivity index (χ0v) is 10.5. The van der Waals surface area contributed by atoms with Crippen LogP contribution in [0.25, 0.3) is 0 Å². The highest BCUT2D eigenvalue weighted by Gasteiger charge is 2.36. The molecule has 0 spiro atoms. The van der Waals surface area contributed by atoms with E-state index in [1.54, 1.807) is 0 Å². The first-order chi connectivity index (χ1) is 8.03. The van der Waals surface area contributed by atoms with Crippen molar-refractivity contribution < 1.29 is 18.4 Å². The van der Waals surface area contributed by atoms with E-state index in [4.69, 9.17) is 15.7 Å². The fraction of sp³-hybridized carbons (Fsp3) is 0.875. The molecule has 1 atom stereocenters. The van der Waals surface area contributed by atoms with Gasteiger partial charge in [0.1, 0.15) is 0 Å². The minimum Gasteiger partial charge on any atom is -0.409 e. The molecule has 8 nitrogen and oxygen atoms in total. The molecule has 1 aliphatic heterocycles. The molecule has 0 amide bonds. The number of ether oxygens (including phenoxy) is 1. The predicted octanol–water partition coefficient (Wildman–Crippen LogP) is -1.32. The van der Waals surface area contributed by atoms with Gasteiger partial charge in [-0.1, -0.05) is 5.16 Å². The van der Waals surface area contributed by atoms with E-state index in [1.165, 1.54) is 11.4 Å². The van der Waals surface area contributed by atoms with Gasteiger partial charge in [0.25, 0.3) is 10.2 Å². The van der Waals surface area contributed by atoms with Crippen LogP contribution in [0.4, 0.5) is 0 Å². The van der Waals surface area contributed by atoms with Crippen LogP contribution in [0.5, 0.6) is 0 Å². The van der Waals surface area contributed by atoms with E-state index in [-0.39, 0.29) is 12.4 Å². The van der Waals surface area contributed by atoms with Crippen molar-refractivity contribution in [1.82, 2.24) is 9.03 Å². The monoisotopic (exact) mass is 266 g/mol. The first kappa shape index (κ1) is 14.2. The van der Waals surface area contributed by atoms with Crippen molar-refractivity contribution in [3.05, 3.63) is 0 Å². The van der Waals surface area contributed by atoms with E-state index in [1.807, 2.05) is 0 Å². The maximum absolute atomic E-state index is 11.9. The Kier molecular flexibility index (Phi) is 5.12. The van der Waals surface area contributed by atoms with Gasteiger partial charge in [0.2, 0.25) is 0 Å². The Morgan fingerprint density at radius 2 is 2.41 bits per heavy atom. The van der Waals surface area contributed by atoms with Gasteiger partial charge in [-0.15, -0.1) is 0 Å². The van der Waals surface area contributed by atoms with Gasteiger partial charge in [0.15, 0.2) is 5.84 Å². The molecule has 0 aliphatic carbocycles. The minimum atomic E-state index is -3.61. The van der Waals surface area contributed by atoms with Gasteiger partial charge >= 0.3 is 0 Å². The van der Waals surface area contributed by atoms with E-state index in [9.17, 15) is 8.42 Å². The zero-order chi connectivity index (χ0) is 12.9. The normalized spacial score (nSPS) is 23.1. The molecule has 1 heterocycles. The van der Waals surface area contributed by atoms with Gasteiger partial charge in [-0.3, -0.25) is 0 Å². The van der Waals surface area contributed by atoms with Gasteiger partial charge in [-0.05, 0) is 12.8 Å². The van der Waals surface area contributed by atoms with Crippen LogP contribution in [-0.2, 0) is 14.9 Å². The minimum absolute atomic E-state index is 0.0837. The SMILES string of the molecule is COCCNS(=O)(=O)N1CCCC1C(N)=NO. The summed E-state index contributed by atoms with van der Waals surface area (Å²) in [5, 5.41) is 11.5. The lowest BCUT2D eigenvalue weighted by atomic mass is 10.2. The molecule has 1 rings (SSSR count). The molecule has 1 fully saturated rings. The van der Waals surface area contributed by atoms with E-state index in [2.05, 4.69) is 9.88 Å². The number of nitrogens with one attached hydrogen (secondary N) is 1. The zero-order valence-electron chi connectivity index (χ0n) is 9.66. The number of nitrogens with two attached hydrogens (primary N) is 1. The summed E-state index contributed by atoms with van der Waals surface area (Å²) < 4.78 is 32.2. The van der Waals surface area contributed by atoms with Crippen molar-refractivity contribution in [1.29, 1.82) is 0 Å². The standard InChI is InChI=1S/C8H18N4O4S/c1-16-6-4-10-17(14,15)12-5-2-3-7(12)8(9)11-13/h7,10,13H,2-6H2,1H3,(H2,9,11). The van der Waals surface area contributed by atoms with Gasteiger partial charge in [-0.2, -0.15) is 17.4 Å². The predicted molar refractivity (Wildman–Crippen MR) is 61.9 cm³/mol. The first-order valence-corrected chi connectivity index (χ1v) is 6.69. The largest absolute Gasteiger partial charge is 0.409 e. The molecule has 1 aliphatic rings. The summed E-state index contributed by atoms with van der Waals surface area (Å²) in [7, 11) is -2.12. The van der Waals surface area contributed by atoms with Gasteiger partial charge < -0.3 is 15.7 Å². The molecule has 0 radical (unpaired) electrons. The second-order valence-electron chi connectivity index (χ2n) is 3.69. The lowest BCUT2D eigenvalue weighted by Crippen LogP contribution is -2.49. The van der Waals surface area contributed by atoms with Crippen molar-refractivity contribution in [2.24, 2.45) is 10.9 Å². The third-order valence-electron chi connectivity index (χ3n) is 2.56. The summed E-state index contributed by atoms with van der Waals surface area (Å²) in [5.74, 6) is -0.0837. The van der Waals surface area contributed by atoms with E-state index >= 15 is 0 Å². The van der Waals surface area contributed by atoms with E-state index in [0.717, 1.165) is 0 Å². The third kappa shape index (κ3) is 3.53. The van der Waals surface area contributed by atoms with Crippen LogP contribution < -0.4 is 10.5 Å². The average Bonchev–Trinajstić information content (AvgIpc) is 2.78. The second kappa shape index (κ2) is 6.15. The smallest absolute Gasteiger partial charge is 0.280 e. The van der Waals surface area contributed by atoms with Gasteiger partial charge in [0, 0.05) is 20.2 Å². The molecule has 1 unspecified atom stereocenters. The molecule has 17 heavy (non-hydrogen) atoms. The lowest BCUT2D eigenvalue weighted by molar-refractivity contribution is 0.203. The molecular formula is C8H18N4O4S. The van der Waals surface area contributed by atoms with E-state index < -0.39 is 16.3 Å². The summed E-state index contributed by atoms with van der Waals surface area (Å²) in [5.41, 5.74) is 5.46. The van der Waals surface area contributed by atoms with Crippen LogP contribution >= 0.6 is 0 Å². The highest BCUT2D eigenvalue weighted by Crippen LogP contribution is 2.20. The maximum Gasteiger partial charge on any atom is 0.280 e. The Hall–Kier alpha value is -0.900. The Balaban J connectivity index is 2.70. The fourth-order valence-electron chi connectivity index (χ4n) is 1.75. The molecule has 0 bridgehead atoms. The van der Waals surface area contributed by atoms with Crippen LogP contribution in [0.1, 0.15) is 12.8 Å². The Morgan fingerprint density at radius 3 is 3.00 bits per heavy atom. The van der Waals surface area contributed by atoms with Crippen LogP contribution in [0, 0.1) is 0 Å². The second-order valence-corrected chi connectivity index (χ2v) is 5.39. The number of oxime groups is 1. The van der Waals surface area contributed by atoms with Crippen molar-refractivity contribution in [2.45, 2.75) is 18.9 Å². The van der Waals surface area contributed by atoms with Crippen molar-refractivity contribution in [2.75, 3.05) is 26.8 Å².